The fraction of sp³-hybridized carbons (Fsp3) is 0.167. The van der Waals surface area contributed by atoms with Gasteiger partial charge < -0.3 is 9.84 Å². The fourth-order valence-corrected chi connectivity index (χ4v) is 4.53. The van der Waals surface area contributed by atoms with Crippen molar-refractivity contribution in [2.24, 2.45) is 0 Å². The van der Waals surface area contributed by atoms with Crippen molar-refractivity contribution < 1.29 is 27.4 Å². The number of rotatable bonds is 6. The lowest BCUT2D eigenvalue weighted by molar-refractivity contribution is -0.136. The van der Waals surface area contributed by atoms with Crippen LogP contribution in [0.1, 0.15) is 30.5 Å². The highest BCUT2D eigenvalue weighted by Gasteiger charge is 2.34. The second-order valence-corrected chi connectivity index (χ2v) is 10.1. The van der Waals surface area contributed by atoms with E-state index in [0.29, 0.717) is 28.3 Å². The predicted octanol–water partition coefficient (Wildman–Crippen LogP) is 8.58. The molecule has 5 rings (SSSR count). The van der Waals surface area contributed by atoms with Gasteiger partial charge in [-0.15, -0.1) is 0 Å². The van der Waals surface area contributed by atoms with Crippen LogP contribution < -0.4 is 4.74 Å². The van der Waals surface area contributed by atoms with Crippen molar-refractivity contribution in [2.75, 3.05) is 0 Å². The first-order valence-corrected chi connectivity index (χ1v) is 12.4. The summed E-state index contributed by atoms with van der Waals surface area (Å²) in [4.78, 5) is 0. The van der Waals surface area contributed by atoms with Gasteiger partial charge in [0.15, 0.2) is 0 Å². The monoisotopic (exact) mass is 554 g/mol. The van der Waals surface area contributed by atoms with Gasteiger partial charge in [0.2, 0.25) is 0 Å². The largest absolute Gasteiger partial charge is 0.457 e. The molecule has 0 spiro atoms. The third-order valence-corrected chi connectivity index (χ3v) is 6.55. The minimum atomic E-state index is -4.61. The standard InChI is InChI=1S/C30H23ClF4N2O2/c1-29(2,38)20-5-3-6-23(15-20)39-22-13-10-18(11-14-22)28-24-7-4-8-25(30(33,34)35)27(24)36-37(28)17-19-9-12-21(31)16-26(19)32/h3-16,38H,17H2,1-2H3. The average Bonchev–Trinajstić information content (AvgIpc) is 3.23. The Hall–Kier alpha value is -3.88. The van der Waals surface area contributed by atoms with E-state index in [1.54, 1.807) is 68.4 Å². The van der Waals surface area contributed by atoms with Crippen LogP contribution in [0.15, 0.2) is 84.9 Å². The van der Waals surface area contributed by atoms with Crippen molar-refractivity contribution in [1.29, 1.82) is 0 Å². The second kappa shape index (κ2) is 10.0. The Morgan fingerprint density at radius 2 is 1.62 bits per heavy atom. The first-order valence-electron chi connectivity index (χ1n) is 12.0. The second-order valence-electron chi connectivity index (χ2n) is 9.65. The number of hydrogen-bond donors (Lipinski definition) is 1. The Morgan fingerprint density at radius 1 is 0.897 bits per heavy atom. The molecule has 0 unspecified atom stereocenters. The zero-order chi connectivity index (χ0) is 27.9. The van der Waals surface area contributed by atoms with Crippen LogP contribution in [-0.2, 0) is 18.3 Å². The topological polar surface area (TPSA) is 47.3 Å². The summed E-state index contributed by atoms with van der Waals surface area (Å²) in [5.41, 5.74) is -0.247. The number of fused-ring (bicyclic) bond motifs is 1. The van der Waals surface area contributed by atoms with Gasteiger partial charge >= 0.3 is 6.18 Å². The molecular formula is C30H23ClF4N2O2. The van der Waals surface area contributed by atoms with E-state index >= 15 is 0 Å². The molecule has 0 aliphatic heterocycles. The zero-order valence-corrected chi connectivity index (χ0v) is 21.7. The summed E-state index contributed by atoms with van der Waals surface area (Å²) in [7, 11) is 0. The van der Waals surface area contributed by atoms with E-state index in [0.717, 1.165) is 12.1 Å². The molecule has 0 saturated carbocycles. The highest BCUT2D eigenvalue weighted by molar-refractivity contribution is 6.30. The SMILES string of the molecule is CC(C)(O)c1cccc(Oc2ccc(-c3c4cccc(C(F)(F)F)c4nn3Cc3ccc(Cl)cc3F)cc2)c1. The summed E-state index contributed by atoms with van der Waals surface area (Å²) >= 11 is 5.87. The van der Waals surface area contributed by atoms with Crippen molar-refractivity contribution in [3.05, 3.63) is 112 Å². The molecular weight excluding hydrogens is 532 g/mol. The third-order valence-electron chi connectivity index (χ3n) is 6.31. The van der Waals surface area contributed by atoms with Crippen LogP contribution in [0.2, 0.25) is 5.02 Å². The molecule has 1 heterocycles. The van der Waals surface area contributed by atoms with Crippen molar-refractivity contribution >= 4 is 22.5 Å². The molecule has 4 aromatic carbocycles. The normalized spacial score (nSPS) is 12.2. The Labute approximate surface area is 227 Å². The molecule has 0 radical (unpaired) electrons. The van der Waals surface area contributed by atoms with E-state index in [-0.39, 0.29) is 28.0 Å². The summed E-state index contributed by atoms with van der Waals surface area (Å²) in [6.07, 6.45) is -4.61. The molecule has 5 aromatic rings. The van der Waals surface area contributed by atoms with E-state index < -0.39 is 23.2 Å². The number of nitrogens with zero attached hydrogens (tertiary/aromatic N) is 2. The van der Waals surface area contributed by atoms with Gasteiger partial charge in [-0.05, 0) is 74.0 Å². The third kappa shape index (κ3) is 5.62. The minimum Gasteiger partial charge on any atom is -0.457 e. The van der Waals surface area contributed by atoms with Gasteiger partial charge in [0, 0.05) is 21.5 Å². The first-order chi connectivity index (χ1) is 18.4. The molecule has 4 nitrogen and oxygen atoms in total. The van der Waals surface area contributed by atoms with E-state index in [1.807, 2.05) is 0 Å². The Kier molecular flexibility index (Phi) is 6.86. The fourth-order valence-electron chi connectivity index (χ4n) is 4.37. The van der Waals surface area contributed by atoms with Gasteiger partial charge in [-0.2, -0.15) is 18.3 Å². The molecule has 200 valence electrons. The summed E-state index contributed by atoms with van der Waals surface area (Å²) < 4.78 is 63.3. The predicted molar refractivity (Wildman–Crippen MR) is 142 cm³/mol. The van der Waals surface area contributed by atoms with Crippen LogP contribution in [0.25, 0.3) is 22.2 Å². The van der Waals surface area contributed by atoms with Crippen molar-refractivity contribution in [3.63, 3.8) is 0 Å². The lowest BCUT2D eigenvalue weighted by Gasteiger charge is -2.18. The molecule has 0 amide bonds. The molecule has 0 atom stereocenters. The van der Waals surface area contributed by atoms with Crippen LogP contribution in [-0.4, -0.2) is 14.9 Å². The van der Waals surface area contributed by atoms with Gasteiger partial charge in [-0.1, -0.05) is 41.9 Å². The summed E-state index contributed by atoms with van der Waals surface area (Å²) in [6.45, 7) is 3.25. The highest BCUT2D eigenvalue weighted by atomic mass is 35.5. The smallest absolute Gasteiger partial charge is 0.418 e. The number of alkyl halides is 3. The van der Waals surface area contributed by atoms with Crippen molar-refractivity contribution in [2.45, 2.75) is 32.2 Å². The van der Waals surface area contributed by atoms with Crippen molar-refractivity contribution in [1.82, 2.24) is 9.78 Å². The van der Waals surface area contributed by atoms with E-state index in [1.165, 1.54) is 22.9 Å². The van der Waals surface area contributed by atoms with E-state index in [4.69, 9.17) is 16.3 Å². The van der Waals surface area contributed by atoms with Gasteiger partial charge in [0.1, 0.15) is 22.8 Å². The molecule has 0 fully saturated rings. The lowest BCUT2D eigenvalue weighted by Crippen LogP contribution is -2.15. The van der Waals surface area contributed by atoms with Gasteiger partial charge in [0.05, 0.1) is 23.4 Å². The van der Waals surface area contributed by atoms with Gasteiger partial charge in [0.25, 0.3) is 0 Å². The summed E-state index contributed by atoms with van der Waals surface area (Å²) in [6, 6.07) is 21.9. The van der Waals surface area contributed by atoms with E-state index in [2.05, 4.69) is 5.10 Å². The molecule has 0 saturated heterocycles. The quantitative estimate of drug-likeness (QED) is 0.214. The maximum Gasteiger partial charge on any atom is 0.418 e. The molecule has 9 heteroatoms. The highest BCUT2D eigenvalue weighted by Crippen LogP contribution is 2.39. The van der Waals surface area contributed by atoms with Gasteiger partial charge in [-0.25, -0.2) is 4.39 Å². The number of aromatic nitrogens is 2. The zero-order valence-electron chi connectivity index (χ0n) is 20.9. The Balaban J connectivity index is 1.56. The first kappa shape index (κ1) is 26.7. The maximum absolute atomic E-state index is 14.6. The lowest BCUT2D eigenvalue weighted by atomic mass is 9.98. The maximum atomic E-state index is 14.6. The van der Waals surface area contributed by atoms with E-state index in [9.17, 15) is 22.7 Å². The van der Waals surface area contributed by atoms with Gasteiger partial charge in [-0.3, -0.25) is 4.68 Å². The van der Waals surface area contributed by atoms with Crippen LogP contribution >= 0.6 is 11.6 Å². The molecule has 0 bridgehead atoms. The molecule has 0 aliphatic carbocycles. The van der Waals surface area contributed by atoms with Crippen molar-refractivity contribution in [3.8, 4) is 22.8 Å². The molecule has 1 N–H and O–H groups in total. The Bertz CT molecular complexity index is 1660. The number of ether oxygens (including phenoxy) is 1. The minimum absolute atomic E-state index is 0.105. The van der Waals surface area contributed by atoms with Crippen LogP contribution in [0, 0.1) is 5.82 Å². The number of aliphatic hydroxyl groups is 1. The van der Waals surface area contributed by atoms with Crippen LogP contribution in [0.4, 0.5) is 17.6 Å². The summed E-state index contributed by atoms with van der Waals surface area (Å²) in [5, 5.41) is 15.1. The van der Waals surface area contributed by atoms with Crippen LogP contribution in [0.3, 0.4) is 0 Å². The Morgan fingerprint density at radius 3 is 2.28 bits per heavy atom. The average molecular weight is 555 g/mol. The molecule has 1 aromatic heterocycles. The number of hydrogen-bond acceptors (Lipinski definition) is 3. The molecule has 39 heavy (non-hydrogen) atoms. The number of benzene rings is 4. The summed E-state index contributed by atoms with van der Waals surface area (Å²) in [5.74, 6) is 0.425. The molecule has 0 aliphatic rings. The number of halogens is 5. The van der Waals surface area contributed by atoms with Crippen LogP contribution in [0.5, 0.6) is 11.5 Å².